The third-order valence-electron chi connectivity index (χ3n) is 6.07. The molecule has 1 aliphatic heterocycles. The minimum Gasteiger partial charge on any atom is -0.480 e. The number of rotatable bonds is 6. The zero-order valence-electron chi connectivity index (χ0n) is 16.8. The van der Waals surface area contributed by atoms with Crippen LogP contribution < -0.4 is 10.1 Å². The van der Waals surface area contributed by atoms with Crippen molar-refractivity contribution in [2.75, 3.05) is 33.3 Å². The average Bonchev–Trinajstić information content (AvgIpc) is 3.36. The number of likely N-dealkylation sites (tertiary alicyclic amines) is 1. The molecule has 0 saturated carbocycles. The maximum atomic E-state index is 12.7. The fourth-order valence-corrected chi connectivity index (χ4v) is 4.53. The van der Waals surface area contributed by atoms with E-state index in [2.05, 4.69) is 46.4 Å². The van der Waals surface area contributed by atoms with Gasteiger partial charge in [0.25, 0.3) is 5.91 Å². The van der Waals surface area contributed by atoms with Gasteiger partial charge in [0.15, 0.2) is 0 Å². The van der Waals surface area contributed by atoms with Crippen LogP contribution in [0.1, 0.15) is 51.5 Å². The molecule has 2 heterocycles. The van der Waals surface area contributed by atoms with Crippen molar-refractivity contribution >= 4 is 5.91 Å². The van der Waals surface area contributed by atoms with Crippen molar-refractivity contribution in [2.45, 2.75) is 38.5 Å². The van der Waals surface area contributed by atoms with Crippen molar-refractivity contribution in [3.05, 3.63) is 58.3 Å². The molecule has 1 aromatic carbocycles. The number of nitrogens with one attached hydrogen (secondary N) is 1. The molecule has 0 bridgehead atoms. The van der Waals surface area contributed by atoms with Gasteiger partial charge >= 0.3 is 0 Å². The van der Waals surface area contributed by atoms with Crippen LogP contribution in [0.2, 0.25) is 0 Å². The van der Waals surface area contributed by atoms with Gasteiger partial charge in [0.2, 0.25) is 5.88 Å². The van der Waals surface area contributed by atoms with Crippen molar-refractivity contribution in [2.24, 2.45) is 0 Å². The van der Waals surface area contributed by atoms with Crippen LogP contribution in [-0.2, 0) is 12.8 Å². The van der Waals surface area contributed by atoms with E-state index in [4.69, 9.17) is 4.74 Å². The van der Waals surface area contributed by atoms with Gasteiger partial charge in [-0.3, -0.25) is 4.79 Å². The van der Waals surface area contributed by atoms with E-state index in [-0.39, 0.29) is 5.91 Å². The van der Waals surface area contributed by atoms with Gasteiger partial charge < -0.3 is 15.0 Å². The first-order chi connectivity index (χ1) is 13.7. The van der Waals surface area contributed by atoms with E-state index in [1.807, 2.05) is 6.07 Å². The van der Waals surface area contributed by atoms with Gasteiger partial charge in [-0.1, -0.05) is 24.3 Å². The Labute approximate surface area is 167 Å². The molecule has 1 saturated heterocycles. The summed E-state index contributed by atoms with van der Waals surface area (Å²) < 4.78 is 5.36. The normalized spacial score (nSPS) is 18.9. The first kappa shape index (κ1) is 18.9. The van der Waals surface area contributed by atoms with Crippen LogP contribution in [-0.4, -0.2) is 49.1 Å². The van der Waals surface area contributed by atoms with E-state index in [1.165, 1.54) is 23.1 Å². The van der Waals surface area contributed by atoms with Crippen LogP contribution in [0.3, 0.4) is 0 Å². The van der Waals surface area contributed by atoms with Gasteiger partial charge in [0, 0.05) is 25.3 Å². The van der Waals surface area contributed by atoms with Crippen molar-refractivity contribution < 1.29 is 9.53 Å². The second-order valence-corrected chi connectivity index (χ2v) is 7.90. The van der Waals surface area contributed by atoms with Gasteiger partial charge in [-0.05, 0) is 67.8 Å². The molecule has 1 aliphatic carbocycles. The molecule has 2 aliphatic rings. The van der Waals surface area contributed by atoms with Crippen molar-refractivity contribution in [1.29, 1.82) is 0 Å². The number of carbonyl (C=O) groups excluding carboxylic acids is 1. The lowest BCUT2D eigenvalue weighted by atomic mass is 9.94. The number of benzene rings is 1. The fourth-order valence-electron chi connectivity index (χ4n) is 4.53. The Bertz CT molecular complexity index is 865. The molecule has 5 heteroatoms. The smallest absolute Gasteiger partial charge is 0.256 e. The molecule has 1 N–H and O–H groups in total. The summed E-state index contributed by atoms with van der Waals surface area (Å²) in [7, 11) is 1.58. The standard InChI is InChI=1S/C23H29N3O2/c1-16-6-3-4-8-19(16)18-10-12-26(15-18)13-11-24-22(27)20-14-17-7-5-9-21(17)25-23(20)28-2/h3-4,6,8,14,18H,5,7,9-13,15H2,1-2H3,(H,24,27)/t18-/m0/s1. The van der Waals surface area contributed by atoms with Crippen molar-refractivity contribution in [3.63, 3.8) is 0 Å². The van der Waals surface area contributed by atoms with Crippen LogP contribution in [0.5, 0.6) is 5.88 Å². The number of carbonyl (C=O) groups is 1. The third kappa shape index (κ3) is 3.90. The molecule has 0 unspecified atom stereocenters. The highest BCUT2D eigenvalue weighted by Crippen LogP contribution is 2.29. The first-order valence-electron chi connectivity index (χ1n) is 10.3. The van der Waals surface area contributed by atoms with E-state index in [1.54, 1.807) is 7.11 Å². The van der Waals surface area contributed by atoms with Gasteiger partial charge in [-0.25, -0.2) is 4.98 Å². The Morgan fingerprint density at radius 1 is 1.32 bits per heavy atom. The summed E-state index contributed by atoms with van der Waals surface area (Å²) >= 11 is 0. The van der Waals surface area contributed by atoms with E-state index in [9.17, 15) is 4.79 Å². The topological polar surface area (TPSA) is 54.5 Å². The summed E-state index contributed by atoms with van der Waals surface area (Å²) in [6, 6.07) is 10.6. The highest BCUT2D eigenvalue weighted by atomic mass is 16.5. The van der Waals surface area contributed by atoms with E-state index in [0.29, 0.717) is 23.9 Å². The van der Waals surface area contributed by atoms with Gasteiger partial charge in [0.05, 0.1) is 7.11 Å². The van der Waals surface area contributed by atoms with Crippen LogP contribution in [0.4, 0.5) is 0 Å². The Hall–Kier alpha value is -2.40. The summed E-state index contributed by atoms with van der Waals surface area (Å²) in [6.45, 7) is 5.84. The van der Waals surface area contributed by atoms with Crippen LogP contribution in [0.15, 0.2) is 30.3 Å². The number of amides is 1. The van der Waals surface area contributed by atoms with Crippen LogP contribution in [0, 0.1) is 6.92 Å². The second kappa shape index (κ2) is 8.31. The molecule has 1 fully saturated rings. The number of nitrogens with zero attached hydrogens (tertiary/aromatic N) is 2. The second-order valence-electron chi connectivity index (χ2n) is 7.90. The average molecular weight is 380 g/mol. The number of pyridine rings is 1. The molecule has 28 heavy (non-hydrogen) atoms. The lowest BCUT2D eigenvalue weighted by molar-refractivity contribution is 0.0946. The zero-order chi connectivity index (χ0) is 19.5. The summed E-state index contributed by atoms with van der Waals surface area (Å²) in [5.74, 6) is 0.950. The maximum absolute atomic E-state index is 12.7. The monoisotopic (exact) mass is 379 g/mol. The van der Waals surface area contributed by atoms with Crippen molar-refractivity contribution in [3.8, 4) is 5.88 Å². The Morgan fingerprint density at radius 3 is 3.00 bits per heavy atom. The van der Waals surface area contributed by atoms with Gasteiger partial charge in [-0.2, -0.15) is 0 Å². The quantitative estimate of drug-likeness (QED) is 0.838. The maximum Gasteiger partial charge on any atom is 0.256 e. The lowest BCUT2D eigenvalue weighted by Gasteiger charge is -2.18. The summed E-state index contributed by atoms with van der Waals surface area (Å²) in [5, 5.41) is 3.06. The van der Waals surface area contributed by atoms with Gasteiger partial charge in [-0.15, -0.1) is 0 Å². The highest BCUT2D eigenvalue weighted by Gasteiger charge is 2.25. The molecule has 1 amide bonds. The fraction of sp³-hybridized carbons (Fsp3) is 0.478. The number of methoxy groups -OCH3 is 1. The molecule has 1 atom stereocenters. The SMILES string of the molecule is COc1nc2c(cc1C(=O)NCCN1CC[C@H](c3ccccc3C)C1)CCC2. The van der Waals surface area contributed by atoms with Crippen LogP contribution in [0.25, 0.3) is 0 Å². The summed E-state index contributed by atoms with van der Waals surface area (Å²) in [5.41, 5.74) is 5.66. The van der Waals surface area contributed by atoms with E-state index >= 15 is 0 Å². The number of hydrogen-bond donors (Lipinski definition) is 1. The largest absolute Gasteiger partial charge is 0.480 e. The van der Waals surface area contributed by atoms with Crippen molar-refractivity contribution in [1.82, 2.24) is 15.2 Å². The number of hydrogen-bond acceptors (Lipinski definition) is 4. The third-order valence-corrected chi connectivity index (χ3v) is 6.07. The summed E-state index contributed by atoms with van der Waals surface area (Å²) in [4.78, 5) is 19.7. The molecule has 4 rings (SSSR count). The molecule has 148 valence electrons. The van der Waals surface area contributed by atoms with E-state index in [0.717, 1.165) is 44.6 Å². The zero-order valence-corrected chi connectivity index (χ0v) is 16.8. The molecular formula is C23H29N3O2. The molecular weight excluding hydrogens is 350 g/mol. The molecule has 5 nitrogen and oxygen atoms in total. The molecule has 0 radical (unpaired) electrons. The highest BCUT2D eigenvalue weighted by molar-refractivity contribution is 5.96. The molecule has 0 spiro atoms. The van der Waals surface area contributed by atoms with E-state index < -0.39 is 0 Å². The first-order valence-corrected chi connectivity index (χ1v) is 10.3. The predicted molar refractivity (Wildman–Crippen MR) is 110 cm³/mol. The van der Waals surface area contributed by atoms with Gasteiger partial charge in [0.1, 0.15) is 5.56 Å². The minimum absolute atomic E-state index is 0.0892. The molecule has 1 aromatic heterocycles. The molecule has 2 aromatic rings. The van der Waals surface area contributed by atoms with Crippen LogP contribution >= 0.6 is 0 Å². The number of fused-ring (bicyclic) bond motifs is 1. The minimum atomic E-state index is -0.0892. The Kier molecular flexibility index (Phi) is 5.62. The number of aromatic nitrogens is 1. The summed E-state index contributed by atoms with van der Waals surface area (Å²) in [6.07, 6.45) is 4.26. The number of ether oxygens (including phenoxy) is 1. The number of aryl methyl sites for hydroxylation is 3. The Balaban J connectivity index is 1.31. The predicted octanol–water partition coefficient (Wildman–Crippen LogP) is 3.11. The Morgan fingerprint density at radius 2 is 2.18 bits per heavy atom. The lowest BCUT2D eigenvalue weighted by Crippen LogP contribution is -2.34.